The highest BCUT2D eigenvalue weighted by Crippen LogP contribution is 2.18. The number of hydrogen-bond acceptors (Lipinski definition) is 10. The second kappa shape index (κ2) is 18.4. The topological polar surface area (TPSA) is 124 Å². The lowest BCUT2D eigenvalue weighted by Crippen LogP contribution is -2.10. The molecule has 3 aromatic carbocycles. The molecule has 0 aromatic heterocycles. The Hall–Kier alpha value is -5.38. The van der Waals surface area contributed by atoms with Crippen LogP contribution in [0, 0.1) is 0 Å². The van der Waals surface area contributed by atoms with Crippen molar-refractivity contribution in [2.45, 2.75) is 33.1 Å². The van der Waals surface area contributed by atoms with E-state index in [1.54, 1.807) is 86.6 Å². The van der Waals surface area contributed by atoms with Crippen LogP contribution in [-0.2, 0) is 30.2 Å². The molecule has 0 radical (unpaired) electrons. The monoisotopic (exact) mass is 630 g/mol. The van der Waals surface area contributed by atoms with E-state index in [-0.39, 0.29) is 19.8 Å². The normalized spacial score (nSPS) is 10.3. The lowest BCUT2D eigenvalue weighted by Gasteiger charge is -2.09. The molecule has 3 rings (SSSR count). The third-order valence-corrected chi connectivity index (χ3v) is 6.22. The minimum Gasteiger partial charge on any atom is -0.493 e. The molecule has 0 aliphatic rings. The van der Waals surface area contributed by atoms with Crippen LogP contribution in [0.5, 0.6) is 17.2 Å². The van der Waals surface area contributed by atoms with Gasteiger partial charge in [0.25, 0.3) is 0 Å². The van der Waals surface area contributed by atoms with Gasteiger partial charge in [-0.3, -0.25) is 0 Å². The molecule has 46 heavy (non-hydrogen) atoms. The second-order valence-corrected chi connectivity index (χ2v) is 10.2. The van der Waals surface area contributed by atoms with Crippen LogP contribution >= 0.6 is 0 Å². The molecule has 0 atom stereocenters. The Morgan fingerprint density at radius 3 is 1.41 bits per heavy atom. The maximum Gasteiger partial charge on any atom is 0.343 e. The molecule has 10 heteroatoms. The van der Waals surface area contributed by atoms with Crippen molar-refractivity contribution in [3.05, 3.63) is 114 Å². The van der Waals surface area contributed by atoms with E-state index in [0.717, 1.165) is 5.56 Å². The van der Waals surface area contributed by atoms with Crippen LogP contribution in [0.4, 0.5) is 0 Å². The van der Waals surface area contributed by atoms with Gasteiger partial charge in [0.1, 0.15) is 17.2 Å². The highest BCUT2D eigenvalue weighted by molar-refractivity contribution is 5.91. The number of benzene rings is 3. The molecule has 0 spiro atoms. The summed E-state index contributed by atoms with van der Waals surface area (Å²) in [6, 6.07) is 20.1. The van der Waals surface area contributed by atoms with Crippen molar-refractivity contribution in [2.24, 2.45) is 0 Å². The summed E-state index contributed by atoms with van der Waals surface area (Å²) in [6.45, 7) is 11.6. The zero-order valence-corrected chi connectivity index (χ0v) is 26.1. The Kier molecular flexibility index (Phi) is 14.1. The molecule has 242 valence electrons. The lowest BCUT2D eigenvalue weighted by atomic mass is 10.1. The first-order valence-electron chi connectivity index (χ1n) is 14.7. The summed E-state index contributed by atoms with van der Waals surface area (Å²) >= 11 is 0. The highest BCUT2D eigenvalue weighted by Gasteiger charge is 2.11. The van der Waals surface area contributed by atoms with E-state index >= 15 is 0 Å². The van der Waals surface area contributed by atoms with Crippen molar-refractivity contribution in [3.8, 4) is 17.2 Å². The number of carbonyl (C=O) groups is 4. The molecular weight excluding hydrogens is 592 g/mol. The quantitative estimate of drug-likeness (QED) is 0.0537. The Bertz CT molecular complexity index is 1490. The van der Waals surface area contributed by atoms with Gasteiger partial charge in [0.15, 0.2) is 0 Å². The van der Waals surface area contributed by atoms with Gasteiger partial charge >= 0.3 is 23.9 Å². The lowest BCUT2D eigenvalue weighted by molar-refractivity contribution is -0.140. The minimum atomic E-state index is -0.513. The Morgan fingerprint density at radius 2 is 0.957 bits per heavy atom. The maximum atomic E-state index is 12.5. The summed E-state index contributed by atoms with van der Waals surface area (Å²) in [6.07, 6.45) is 1.53. The largest absolute Gasteiger partial charge is 0.493 e. The maximum absolute atomic E-state index is 12.5. The molecule has 0 N–H and O–H groups in total. The first kappa shape index (κ1) is 35.1. The van der Waals surface area contributed by atoms with Gasteiger partial charge in [-0.05, 0) is 80.1 Å². The Labute approximate surface area is 268 Å². The van der Waals surface area contributed by atoms with E-state index < -0.39 is 23.9 Å². The highest BCUT2D eigenvalue weighted by atomic mass is 16.5. The zero-order chi connectivity index (χ0) is 33.3. The van der Waals surface area contributed by atoms with Crippen LogP contribution in [0.15, 0.2) is 97.1 Å². The first-order valence-corrected chi connectivity index (χ1v) is 14.7. The number of hydrogen-bond donors (Lipinski definition) is 0. The fourth-order valence-corrected chi connectivity index (χ4v) is 3.68. The molecule has 0 heterocycles. The van der Waals surface area contributed by atoms with E-state index in [2.05, 4.69) is 13.2 Å². The average molecular weight is 631 g/mol. The summed E-state index contributed by atoms with van der Waals surface area (Å²) in [5.74, 6) is -0.286. The van der Waals surface area contributed by atoms with Crippen LogP contribution in [-0.4, -0.2) is 56.9 Å². The van der Waals surface area contributed by atoms with E-state index in [1.165, 1.54) is 0 Å². The average Bonchev–Trinajstić information content (AvgIpc) is 3.05. The van der Waals surface area contributed by atoms with E-state index in [9.17, 15) is 19.2 Å². The molecule has 10 nitrogen and oxygen atoms in total. The summed E-state index contributed by atoms with van der Waals surface area (Å²) in [7, 11) is 0. The van der Waals surface area contributed by atoms with Crippen molar-refractivity contribution in [3.63, 3.8) is 0 Å². The summed E-state index contributed by atoms with van der Waals surface area (Å²) in [5.41, 5.74) is 2.36. The number of carbonyl (C=O) groups excluding carboxylic acids is 4. The van der Waals surface area contributed by atoms with Gasteiger partial charge in [0.2, 0.25) is 0 Å². The van der Waals surface area contributed by atoms with Crippen molar-refractivity contribution in [1.29, 1.82) is 0 Å². The van der Waals surface area contributed by atoms with Crippen LogP contribution < -0.4 is 14.2 Å². The second-order valence-electron chi connectivity index (χ2n) is 10.2. The first-order chi connectivity index (χ1) is 22.1. The van der Waals surface area contributed by atoms with Gasteiger partial charge in [-0.15, -0.1) is 0 Å². The summed E-state index contributed by atoms with van der Waals surface area (Å²) < 4.78 is 32.1. The molecule has 3 aromatic rings. The van der Waals surface area contributed by atoms with Gasteiger partial charge in [-0.1, -0.05) is 25.3 Å². The van der Waals surface area contributed by atoms with Crippen LogP contribution in [0.25, 0.3) is 0 Å². The molecule has 0 amide bonds. The molecule has 0 bridgehead atoms. The van der Waals surface area contributed by atoms with Crippen molar-refractivity contribution < 1.29 is 47.6 Å². The van der Waals surface area contributed by atoms with E-state index in [1.807, 2.05) is 0 Å². The van der Waals surface area contributed by atoms with Gasteiger partial charge in [0, 0.05) is 30.4 Å². The third-order valence-electron chi connectivity index (χ3n) is 6.22. The molecule has 0 aliphatic carbocycles. The van der Waals surface area contributed by atoms with Crippen LogP contribution in [0.2, 0.25) is 0 Å². The fourth-order valence-electron chi connectivity index (χ4n) is 3.68. The number of ether oxygens (including phenoxy) is 6. The van der Waals surface area contributed by atoms with Gasteiger partial charge in [-0.25, -0.2) is 19.2 Å². The molecule has 0 aliphatic heterocycles. The van der Waals surface area contributed by atoms with E-state index in [0.29, 0.717) is 72.0 Å². The van der Waals surface area contributed by atoms with Gasteiger partial charge < -0.3 is 28.4 Å². The Morgan fingerprint density at radius 1 is 0.522 bits per heavy atom. The van der Waals surface area contributed by atoms with Crippen molar-refractivity contribution in [2.75, 3.05) is 33.0 Å². The molecule has 0 saturated heterocycles. The standard InChI is InChI=1S/C36H38O10/c1-25(2)33(37)43-22-5-20-41-30-15-9-28(10-16-30)35(39)45-24-19-27-7-13-32(14-8-27)46-36(40)29-11-17-31(18-12-29)42-21-6-23-44-34(38)26(3)4/h7-18H,1,3,5-6,19-24H2,2,4H3. The minimum absolute atomic E-state index is 0.174. The molecule has 0 fully saturated rings. The molecular formula is C36H38O10. The van der Waals surface area contributed by atoms with Crippen LogP contribution in [0.3, 0.4) is 0 Å². The predicted molar refractivity (Wildman–Crippen MR) is 170 cm³/mol. The van der Waals surface area contributed by atoms with Crippen molar-refractivity contribution in [1.82, 2.24) is 0 Å². The molecule has 0 saturated carbocycles. The smallest absolute Gasteiger partial charge is 0.343 e. The molecule has 0 unspecified atom stereocenters. The zero-order valence-electron chi connectivity index (χ0n) is 26.1. The third kappa shape index (κ3) is 12.3. The number of rotatable bonds is 18. The number of esters is 4. The summed E-state index contributed by atoms with van der Waals surface area (Å²) in [4.78, 5) is 47.7. The Balaban J connectivity index is 1.33. The SMILES string of the molecule is C=C(C)C(=O)OCCCOc1ccc(C(=O)OCCc2ccc(OC(=O)c3ccc(OCCCOC(=O)C(=C)C)cc3)cc2)cc1. The van der Waals surface area contributed by atoms with Gasteiger partial charge in [0.05, 0.1) is 44.2 Å². The van der Waals surface area contributed by atoms with Crippen LogP contribution in [0.1, 0.15) is 53.0 Å². The summed E-state index contributed by atoms with van der Waals surface area (Å²) in [5, 5.41) is 0. The fraction of sp³-hybridized carbons (Fsp3) is 0.278. The van der Waals surface area contributed by atoms with Crippen molar-refractivity contribution >= 4 is 23.9 Å². The van der Waals surface area contributed by atoms with Gasteiger partial charge in [-0.2, -0.15) is 0 Å². The van der Waals surface area contributed by atoms with E-state index in [4.69, 9.17) is 28.4 Å². The predicted octanol–water partition coefficient (Wildman–Crippen LogP) is 6.08.